The van der Waals surface area contributed by atoms with Crippen molar-refractivity contribution in [3.05, 3.63) is 0 Å². The molecule has 76 valence electrons. The predicted molar refractivity (Wildman–Crippen MR) is 51.7 cm³/mol. The largest absolute Gasteiger partial charge is 0.480 e. The lowest BCUT2D eigenvalue weighted by Crippen LogP contribution is -2.61. The van der Waals surface area contributed by atoms with Gasteiger partial charge in [0.05, 0.1) is 0 Å². The molecule has 1 heterocycles. The lowest BCUT2D eigenvalue weighted by Gasteiger charge is -2.47. The fraction of sp³-hybridized carbons (Fsp3) is 0.900. The highest BCUT2D eigenvalue weighted by molar-refractivity contribution is 5.78. The van der Waals surface area contributed by atoms with E-state index in [2.05, 4.69) is 11.8 Å². The zero-order chi connectivity index (χ0) is 10.1. The Morgan fingerprint density at radius 2 is 2.15 bits per heavy atom. The molecule has 0 amide bonds. The van der Waals surface area contributed by atoms with Crippen LogP contribution in [0.4, 0.5) is 0 Å². The standard InChI is InChI=1S/C10H19NO2/c1-4-5-10(3,9(12)13)11-6-8(2)7-11/h8H,4-7H2,1-3H3,(H,12,13). The molecule has 0 aromatic rings. The molecule has 1 saturated heterocycles. The van der Waals surface area contributed by atoms with E-state index in [0.29, 0.717) is 5.92 Å². The van der Waals surface area contributed by atoms with Crippen molar-refractivity contribution in [2.45, 2.75) is 39.2 Å². The van der Waals surface area contributed by atoms with Crippen LogP contribution in [0, 0.1) is 5.92 Å². The third kappa shape index (κ3) is 1.85. The zero-order valence-corrected chi connectivity index (χ0v) is 8.71. The molecular formula is C10H19NO2. The molecule has 1 aliphatic heterocycles. The van der Waals surface area contributed by atoms with E-state index in [0.717, 1.165) is 25.9 Å². The molecule has 0 radical (unpaired) electrons. The fourth-order valence-corrected chi connectivity index (χ4v) is 1.99. The first-order chi connectivity index (χ1) is 6.00. The first-order valence-electron chi connectivity index (χ1n) is 4.99. The van der Waals surface area contributed by atoms with E-state index in [1.165, 1.54) is 0 Å². The highest BCUT2D eigenvalue weighted by Crippen LogP contribution is 2.29. The molecule has 0 bridgehead atoms. The van der Waals surface area contributed by atoms with Gasteiger partial charge in [-0.15, -0.1) is 0 Å². The maximum absolute atomic E-state index is 11.1. The van der Waals surface area contributed by atoms with Gasteiger partial charge in [0.2, 0.25) is 0 Å². The number of carboxylic acids is 1. The normalized spacial score (nSPS) is 23.6. The summed E-state index contributed by atoms with van der Waals surface area (Å²) in [6.45, 7) is 7.89. The molecule has 3 nitrogen and oxygen atoms in total. The Balaban J connectivity index is 2.62. The van der Waals surface area contributed by atoms with Crippen molar-refractivity contribution in [1.82, 2.24) is 4.90 Å². The van der Waals surface area contributed by atoms with Crippen molar-refractivity contribution < 1.29 is 9.90 Å². The molecule has 3 heteroatoms. The van der Waals surface area contributed by atoms with Crippen LogP contribution in [-0.4, -0.2) is 34.6 Å². The Labute approximate surface area is 79.7 Å². The number of likely N-dealkylation sites (tertiary alicyclic amines) is 1. The maximum atomic E-state index is 11.1. The molecule has 0 aromatic carbocycles. The molecule has 13 heavy (non-hydrogen) atoms. The Morgan fingerprint density at radius 1 is 1.62 bits per heavy atom. The average Bonchev–Trinajstić information content (AvgIpc) is 1.99. The first-order valence-corrected chi connectivity index (χ1v) is 4.99. The van der Waals surface area contributed by atoms with Gasteiger partial charge in [-0.2, -0.15) is 0 Å². The summed E-state index contributed by atoms with van der Waals surface area (Å²) in [6, 6.07) is 0. The van der Waals surface area contributed by atoms with Crippen LogP contribution in [0.5, 0.6) is 0 Å². The number of carbonyl (C=O) groups is 1. The minimum Gasteiger partial charge on any atom is -0.480 e. The van der Waals surface area contributed by atoms with Crippen LogP contribution in [0.1, 0.15) is 33.6 Å². The fourth-order valence-electron chi connectivity index (χ4n) is 1.99. The summed E-state index contributed by atoms with van der Waals surface area (Å²) < 4.78 is 0. The topological polar surface area (TPSA) is 40.5 Å². The molecule has 1 rings (SSSR count). The van der Waals surface area contributed by atoms with Crippen LogP contribution >= 0.6 is 0 Å². The zero-order valence-electron chi connectivity index (χ0n) is 8.71. The summed E-state index contributed by atoms with van der Waals surface area (Å²) in [5, 5.41) is 9.14. The Kier molecular flexibility index (Phi) is 2.96. The smallest absolute Gasteiger partial charge is 0.323 e. The van der Waals surface area contributed by atoms with Crippen molar-refractivity contribution in [1.29, 1.82) is 0 Å². The summed E-state index contributed by atoms with van der Waals surface area (Å²) in [5.74, 6) is -0.0169. The van der Waals surface area contributed by atoms with Crippen LogP contribution in [0.15, 0.2) is 0 Å². The molecule has 1 N–H and O–H groups in total. The van der Waals surface area contributed by atoms with Gasteiger partial charge in [-0.3, -0.25) is 9.69 Å². The maximum Gasteiger partial charge on any atom is 0.323 e. The van der Waals surface area contributed by atoms with E-state index in [9.17, 15) is 4.79 Å². The Morgan fingerprint density at radius 3 is 2.46 bits per heavy atom. The third-order valence-electron chi connectivity index (χ3n) is 2.96. The van der Waals surface area contributed by atoms with Crippen LogP contribution in [-0.2, 0) is 4.79 Å². The molecule has 0 aromatic heterocycles. The molecule has 1 aliphatic rings. The number of rotatable bonds is 4. The van der Waals surface area contributed by atoms with Crippen LogP contribution in [0.2, 0.25) is 0 Å². The van der Waals surface area contributed by atoms with Crippen LogP contribution in [0.25, 0.3) is 0 Å². The van der Waals surface area contributed by atoms with E-state index in [1.54, 1.807) is 0 Å². The predicted octanol–water partition coefficient (Wildman–Crippen LogP) is 1.58. The molecule has 0 spiro atoms. The van der Waals surface area contributed by atoms with Crippen molar-refractivity contribution in [3.8, 4) is 0 Å². The van der Waals surface area contributed by atoms with Crippen LogP contribution in [0.3, 0.4) is 0 Å². The summed E-state index contributed by atoms with van der Waals surface area (Å²) in [7, 11) is 0. The molecule has 1 atom stereocenters. The van der Waals surface area contributed by atoms with Crippen molar-refractivity contribution in [2.24, 2.45) is 5.92 Å². The van der Waals surface area contributed by atoms with Gasteiger partial charge in [-0.05, 0) is 19.3 Å². The van der Waals surface area contributed by atoms with Gasteiger partial charge in [-0.25, -0.2) is 0 Å². The molecule has 0 saturated carbocycles. The second-order valence-corrected chi connectivity index (χ2v) is 4.34. The van der Waals surface area contributed by atoms with Gasteiger partial charge in [0.25, 0.3) is 0 Å². The van der Waals surface area contributed by atoms with Crippen molar-refractivity contribution in [3.63, 3.8) is 0 Å². The molecule has 0 aliphatic carbocycles. The van der Waals surface area contributed by atoms with E-state index in [-0.39, 0.29) is 0 Å². The second kappa shape index (κ2) is 3.66. The number of hydrogen-bond acceptors (Lipinski definition) is 2. The van der Waals surface area contributed by atoms with Crippen molar-refractivity contribution >= 4 is 5.97 Å². The van der Waals surface area contributed by atoms with E-state index in [1.807, 2.05) is 13.8 Å². The summed E-state index contributed by atoms with van der Waals surface area (Å²) in [4.78, 5) is 13.2. The van der Waals surface area contributed by atoms with Gasteiger partial charge in [-0.1, -0.05) is 20.3 Å². The van der Waals surface area contributed by atoms with E-state index < -0.39 is 11.5 Å². The summed E-state index contributed by atoms with van der Waals surface area (Å²) >= 11 is 0. The molecular weight excluding hydrogens is 166 g/mol. The van der Waals surface area contributed by atoms with E-state index in [4.69, 9.17) is 5.11 Å². The Bertz CT molecular complexity index is 199. The number of nitrogens with zero attached hydrogens (tertiary/aromatic N) is 1. The first kappa shape index (κ1) is 10.5. The number of aliphatic carboxylic acids is 1. The minimum atomic E-state index is -0.679. The lowest BCUT2D eigenvalue weighted by molar-refractivity contribution is -0.156. The minimum absolute atomic E-state index is 0.624. The van der Waals surface area contributed by atoms with Gasteiger partial charge >= 0.3 is 5.97 Å². The monoisotopic (exact) mass is 185 g/mol. The van der Waals surface area contributed by atoms with Gasteiger partial charge in [0.1, 0.15) is 5.54 Å². The van der Waals surface area contributed by atoms with Crippen LogP contribution < -0.4 is 0 Å². The van der Waals surface area contributed by atoms with E-state index >= 15 is 0 Å². The van der Waals surface area contributed by atoms with Gasteiger partial charge in [0.15, 0.2) is 0 Å². The Hall–Kier alpha value is -0.570. The summed E-state index contributed by atoms with van der Waals surface area (Å²) in [6.07, 6.45) is 1.67. The lowest BCUT2D eigenvalue weighted by atomic mass is 9.87. The van der Waals surface area contributed by atoms with Crippen molar-refractivity contribution in [2.75, 3.05) is 13.1 Å². The molecule has 1 fully saturated rings. The highest BCUT2D eigenvalue weighted by Gasteiger charge is 2.43. The van der Waals surface area contributed by atoms with Gasteiger partial charge in [0, 0.05) is 13.1 Å². The summed E-state index contributed by atoms with van der Waals surface area (Å²) in [5.41, 5.74) is -0.624. The third-order valence-corrected chi connectivity index (χ3v) is 2.96. The highest BCUT2D eigenvalue weighted by atomic mass is 16.4. The average molecular weight is 185 g/mol. The second-order valence-electron chi connectivity index (χ2n) is 4.34. The number of hydrogen-bond donors (Lipinski definition) is 1. The van der Waals surface area contributed by atoms with Gasteiger partial charge < -0.3 is 5.11 Å². The quantitative estimate of drug-likeness (QED) is 0.723. The SMILES string of the molecule is CCCC(C)(C(=O)O)N1CC(C)C1. The molecule has 1 unspecified atom stereocenters. The number of carboxylic acid groups (broad SMARTS) is 1.